The second-order valence-electron chi connectivity index (χ2n) is 5.60. The second kappa shape index (κ2) is 6.65. The third-order valence-corrected chi connectivity index (χ3v) is 4.42. The topological polar surface area (TPSA) is 52.6 Å². The fraction of sp³-hybridized carbons (Fsp3) is 0.263. The predicted octanol–water partition coefficient (Wildman–Crippen LogP) is 3.86. The molecule has 5 heteroatoms. The Labute approximate surface area is 145 Å². The first-order valence-corrected chi connectivity index (χ1v) is 8.10. The Kier molecular flexibility index (Phi) is 4.58. The van der Waals surface area contributed by atoms with Crippen molar-refractivity contribution in [3.8, 4) is 5.75 Å². The number of hydrogen-bond donors (Lipinski definition) is 0. The molecule has 0 saturated carbocycles. The summed E-state index contributed by atoms with van der Waals surface area (Å²) in [6.07, 6.45) is -0.256. The molecule has 124 valence electrons. The summed E-state index contributed by atoms with van der Waals surface area (Å²) in [5.41, 5.74) is 2.03. The molecule has 0 bridgehead atoms. The zero-order valence-electron chi connectivity index (χ0n) is 13.4. The van der Waals surface area contributed by atoms with Crippen LogP contribution < -0.4 is 4.74 Å². The summed E-state index contributed by atoms with van der Waals surface area (Å²) in [6, 6.07) is 12.4. The van der Waals surface area contributed by atoms with E-state index in [0.717, 1.165) is 5.56 Å². The van der Waals surface area contributed by atoms with Crippen LogP contribution in [0.15, 0.2) is 42.5 Å². The maximum Gasteiger partial charge on any atom is 0.322 e. The molecule has 0 N–H and O–H groups in total. The molecule has 1 aliphatic rings. The summed E-state index contributed by atoms with van der Waals surface area (Å²) in [4.78, 5) is 25.4. The standard InChI is InChI=1S/C19H17ClO4/c1-3-11-9-13(20)10-14(23-2)15(11)16-17(21)18(24-19(16)22)12-7-5-4-6-8-12/h4-10,16,18H,3H2,1-2H3. The van der Waals surface area contributed by atoms with Crippen molar-refractivity contribution in [3.05, 3.63) is 64.2 Å². The first-order chi connectivity index (χ1) is 11.6. The van der Waals surface area contributed by atoms with E-state index in [0.29, 0.717) is 28.3 Å². The number of Topliss-reactive ketones (excluding diaryl/α,β-unsaturated/α-hetero) is 1. The van der Waals surface area contributed by atoms with E-state index >= 15 is 0 Å². The molecule has 2 unspecified atom stereocenters. The van der Waals surface area contributed by atoms with Gasteiger partial charge in [-0.15, -0.1) is 0 Å². The summed E-state index contributed by atoms with van der Waals surface area (Å²) in [5.74, 6) is -1.38. The zero-order chi connectivity index (χ0) is 17.3. The van der Waals surface area contributed by atoms with Crippen LogP contribution in [0.1, 0.15) is 35.6 Å². The zero-order valence-corrected chi connectivity index (χ0v) is 14.2. The maximum atomic E-state index is 12.9. The average molecular weight is 345 g/mol. The van der Waals surface area contributed by atoms with Gasteiger partial charge in [0.25, 0.3) is 0 Å². The van der Waals surface area contributed by atoms with Crippen molar-refractivity contribution in [2.75, 3.05) is 7.11 Å². The predicted molar refractivity (Wildman–Crippen MR) is 90.4 cm³/mol. The Hall–Kier alpha value is -2.33. The number of hydrogen-bond acceptors (Lipinski definition) is 4. The molecule has 1 saturated heterocycles. The van der Waals surface area contributed by atoms with Crippen LogP contribution >= 0.6 is 11.6 Å². The molecule has 0 radical (unpaired) electrons. The molecule has 0 aromatic heterocycles. The van der Waals surface area contributed by atoms with Crippen LogP contribution in [0.5, 0.6) is 5.75 Å². The van der Waals surface area contributed by atoms with Crippen LogP contribution in [0.2, 0.25) is 5.02 Å². The molecule has 2 aromatic carbocycles. The number of aryl methyl sites for hydroxylation is 1. The van der Waals surface area contributed by atoms with Crippen molar-refractivity contribution < 1.29 is 19.1 Å². The van der Waals surface area contributed by atoms with Gasteiger partial charge < -0.3 is 9.47 Å². The average Bonchev–Trinajstić information content (AvgIpc) is 2.89. The van der Waals surface area contributed by atoms with Crippen LogP contribution in [-0.2, 0) is 20.7 Å². The van der Waals surface area contributed by atoms with Crippen LogP contribution in [0.25, 0.3) is 0 Å². The molecule has 4 nitrogen and oxygen atoms in total. The highest BCUT2D eigenvalue weighted by Gasteiger charge is 2.47. The molecule has 0 aliphatic carbocycles. The summed E-state index contributed by atoms with van der Waals surface area (Å²) >= 11 is 6.10. The van der Waals surface area contributed by atoms with Gasteiger partial charge in [-0.3, -0.25) is 9.59 Å². The molecule has 1 heterocycles. The molecule has 0 amide bonds. The Balaban J connectivity index is 2.07. The van der Waals surface area contributed by atoms with Gasteiger partial charge in [-0.1, -0.05) is 48.9 Å². The molecule has 1 fully saturated rings. The highest BCUT2D eigenvalue weighted by Crippen LogP contribution is 2.42. The second-order valence-corrected chi connectivity index (χ2v) is 6.03. The number of ketones is 1. The minimum atomic E-state index is -0.989. The normalized spacial score (nSPS) is 20.1. The molecule has 0 spiro atoms. The van der Waals surface area contributed by atoms with Crippen molar-refractivity contribution in [1.29, 1.82) is 0 Å². The van der Waals surface area contributed by atoms with E-state index in [2.05, 4.69) is 0 Å². The van der Waals surface area contributed by atoms with Crippen molar-refractivity contribution in [3.63, 3.8) is 0 Å². The lowest BCUT2D eigenvalue weighted by molar-refractivity contribution is -0.143. The Bertz CT molecular complexity index is 760. The van der Waals surface area contributed by atoms with Crippen molar-refractivity contribution >= 4 is 23.4 Å². The molecular weight excluding hydrogens is 328 g/mol. The number of methoxy groups -OCH3 is 1. The highest BCUT2D eigenvalue weighted by atomic mass is 35.5. The van der Waals surface area contributed by atoms with Gasteiger partial charge in [0.1, 0.15) is 11.7 Å². The number of ether oxygens (including phenoxy) is 2. The third-order valence-electron chi connectivity index (χ3n) is 4.20. The van der Waals surface area contributed by atoms with E-state index in [1.807, 2.05) is 25.1 Å². The van der Waals surface area contributed by atoms with Gasteiger partial charge in [0, 0.05) is 16.1 Å². The molecule has 2 aromatic rings. The Morgan fingerprint density at radius 3 is 2.50 bits per heavy atom. The van der Waals surface area contributed by atoms with E-state index in [4.69, 9.17) is 21.1 Å². The number of halogens is 1. The van der Waals surface area contributed by atoms with Crippen LogP contribution in [0.4, 0.5) is 0 Å². The summed E-state index contributed by atoms with van der Waals surface area (Å²) in [7, 11) is 1.49. The van der Waals surface area contributed by atoms with Crippen LogP contribution in [0, 0.1) is 0 Å². The van der Waals surface area contributed by atoms with E-state index in [9.17, 15) is 9.59 Å². The molecule has 1 aliphatic heterocycles. The lowest BCUT2D eigenvalue weighted by Gasteiger charge is -2.16. The maximum absolute atomic E-state index is 12.9. The number of cyclic esters (lactones) is 1. The van der Waals surface area contributed by atoms with Gasteiger partial charge >= 0.3 is 5.97 Å². The van der Waals surface area contributed by atoms with Crippen molar-refractivity contribution in [2.45, 2.75) is 25.4 Å². The summed E-state index contributed by atoms with van der Waals surface area (Å²) in [5, 5.41) is 0.505. The van der Waals surface area contributed by atoms with Gasteiger partial charge in [-0.25, -0.2) is 0 Å². The molecule has 2 atom stereocenters. The van der Waals surface area contributed by atoms with Gasteiger partial charge in [0.15, 0.2) is 11.9 Å². The van der Waals surface area contributed by atoms with Gasteiger partial charge in [-0.05, 0) is 24.1 Å². The molecular formula is C19H17ClO4. The molecule has 3 rings (SSSR count). The minimum absolute atomic E-state index is 0.276. The van der Waals surface area contributed by atoms with E-state index in [1.165, 1.54) is 7.11 Å². The number of esters is 1. The third kappa shape index (κ3) is 2.78. The van der Waals surface area contributed by atoms with E-state index in [1.54, 1.807) is 24.3 Å². The number of carbonyl (C=O) groups is 2. The fourth-order valence-electron chi connectivity index (χ4n) is 3.07. The largest absolute Gasteiger partial charge is 0.496 e. The van der Waals surface area contributed by atoms with Gasteiger partial charge in [0.05, 0.1) is 7.11 Å². The first kappa shape index (κ1) is 16.5. The fourth-order valence-corrected chi connectivity index (χ4v) is 3.30. The number of carbonyl (C=O) groups excluding carboxylic acids is 2. The van der Waals surface area contributed by atoms with E-state index in [-0.39, 0.29) is 5.78 Å². The van der Waals surface area contributed by atoms with Gasteiger partial charge in [-0.2, -0.15) is 0 Å². The summed E-state index contributed by atoms with van der Waals surface area (Å²) in [6.45, 7) is 1.94. The molecule has 24 heavy (non-hydrogen) atoms. The number of rotatable bonds is 4. The summed E-state index contributed by atoms with van der Waals surface area (Å²) < 4.78 is 10.8. The smallest absolute Gasteiger partial charge is 0.322 e. The Morgan fingerprint density at radius 2 is 1.88 bits per heavy atom. The van der Waals surface area contributed by atoms with Crippen LogP contribution in [0.3, 0.4) is 0 Å². The van der Waals surface area contributed by atoms with Crippen LogP contribution in [-0.4, -0.2) is 18.9 Å². The minimum Gasteiger partial charge on any atom is -0.496 e. The lowest BCUT2D eigenvalue weighted by Crippen LogP contribution is -2.17. The van der Waals surface area contributed by atoms with Crippen molar-refractivity contribution in [1.82, 2.24) is 0 Å². The number of benzene rings is 2. The highest BCUT2D eigenvalue weighted by molar-refractivity contribution is 6.31. The SMILES string of the molecule is CCc1cc(Cl)cc(OC)c1C1C(=O)OC(c2ccccc2)C1=O. The lowest BCUT2D eigenvalue weighted by atomic mass is 9.87. The van der Waals surface area contributed by atoms with E-state index < -0.39 is 18.0 Å². The van der Waals surface area contributed by atoms with Gasteiger partial charge in [0.2, 0.25) is 0 Å². The Morgan fingerprint density at radius 1 is 1.17 bits per heavy atom. The quantitative estimate of drug-likeness (QED) is 0.624. The monoisotopic (exact) mass is 344 g/mol. The first-order valence-electron chi connectivity index (χ1n) is 7.72. The van der Waals surface area contributed by atoms with Crippen molar-refractivity contribution in [2.24, 2.45) is 0 Å².